The first kappa shape index (κ1) is 17.4. The molecule has 118 valence electrons. The van der Waals surface area contributed by atoms with Gasteiger partial charge in [-0.05, 0) is 32.9 Å². The van der Waals surface area contributed by atoms with Crippen LogP contribution in [0.4, 0.5) is 11.4 Å². The Morgan fingerprint density at radius 2 is 1.95 bits per heavy atom. The van der Waals surface area contributed by atoms with Crippen LogP contribution in [-0.4, -0.2) is 36.8 Å². The number of sulfonamides is 1. The van der Waals surface area contributed by atoms with Crippen molar-refractivity contribution in [2.45, 2.75) is 38.6 Å². The lowest BCUT2D eigenvalue weighted by molar-refractivity contribution is -0.387. The van der Waals surface area contributed by atoms with E-state index < -0.39 is 20.6 Å². The summed E-state index contributed by atoms with van der Waals surface area (Å²) >= 11 is 0. The van der Waals surface area contributed by atoms with Gasteiger partial charge in [-0.3, -0.25) is 10.1 Å². The summed E-state index contributed by atoms with van der Waals surface area (Å²) in [6.45, 7) is 7.88. The fraction of sp³-hybridized carbons (Fsp3) is 0.538. The molecule has 1 N–H and O–H groups in total. The minimum atomic E-state index is -3.89. The lowest BCUT2D eigenvalue weighted by atomic mass is 10.3. The van der Waals surface area contributed by atoms with Crippen LogP contribution >= 0.6 is 0 Å². The van der Waals surface area contributed by atoms with E-state index >= 15 is 0 Å². The van der Waals surface area contributed by atoms with Crippen LogP contribution in [0.15, 0.2) is 23.1 Å². The number of anilines is 1. The molecule has 1 aromatic carbocycles. The van der Waals surface area contributed by atoms with Crippen molar-refractivity contribution in [1.82, 2.24) is 4.31 Å². The van der Waals surface area contributed by atoms with Crippen LogP contribution in [0, 0.1) is 10.1 Å². The number of hydrogen-bond acceptors (Lipinski definition) is 5. The third-order valence-electron chi connectivity index (χ3n) is 3.01. The van der Waals surface area contributed by atoms with E-state index in [0.717, 1.165) is 0 Å². The Kier molecular flexibility index (Phi) is 5.68. The summed E-state index contributed by atoms with van der Waals surface area (Å²) in [4.78, 5) is 10.3. The van der Waals surface area contributed by atoms with Gasteiger partial charge in [-0.1, -0.05) is 6.92 Å². The fourth-order valence-electron chi connectivity index (χ4n) is 2.13. The summed E-state index contributed by atoms with van der Waals surface area (Å²) in [7, 11) is -3.89. The molecule has 0 amide bonds. The molecular weight excluding hydrogens is 294 g/mol. The molecule has 0 saturated carbocycles. The van der Waals surface area contributed by atoms with Crippen molar-refractivity contribution < 1.29 is 13.3 Å². The predicted molar refractivity (Wildman–Crippen MR) is 82.0 cm³/mol. The Morgan fingerprint density at radius 1 is 1.33 bits per heavy atom. The Labute approximate surface area is 125 Å². The highest BCUT2D eigenvalue weighted by Gasteiger charge is 2.32. The second-order valence-corrected chi connectivity index (χ2v) is 6.63. The molecule has 0 aromatic heterocycles. The number of benzene rings is 1. The van der Waals surface area contributed by atoms with Gasteiger partial charge in [0.2, 0.25) is 10.0 Å². The number of nitrogens with one attached hydrogen (secondary N) is 1. The van der Waals surface area contributed by atoms with Crippen LogP contribution in [0.3, 0.4) is 0 Å². The van der Waals surface area contributed by atoms with E-state index in [1.807, 2.05) is 6.92 Å². The van der Waals surface area contributed by atoms with Gasteiger partial charge < -0.3 is 5.32 Å². The second kappa shape index (κ2) is 6.86. The zero-order valence-corrected chi connectivity index (χ0v) is 13.5. The van der Waals surface area contributed by atoms with E-state index in [1.165, 1.54) is 22.5 Å². The molecule has 7 nitrogen and oxygen atoms in total. The van der Waals surface area contributed by atoms with Gasteiger partial charge in [-0.2, -0.15) is 4.31 Å². The molecule has 1 aromatic rings. The van der Waals surface area contributed by atoms with E-state index in [0.29, 0.717) is 12.2 Å². The maximum Gasteiger partial charge on any atom is 0.291 e. The standard InChI is InChI=1S/C13H21N3O4S/c1-5-14-11-7-8-13(12(9-11)16(17)18)21(19,20)15(6-2)10(3)4/h7-10,14H,5-6H2,1-4H3. The van der Waals surface area contributed by atoms with Crippen molar-refractivity contribution in [3.63, 3.8) is 0 Å². The van der Waals surface area contributed by atoms with E-state index in [9.17, 15) is 18.5 Å². The van der Waals surface area contributed by atoms with E-state index in [4.69, 9.17) is 0 Å². The maximum atomic E-state index is 12.6. The Hall–Kier alpha value is -1.67. The van der Waals surface area contributed by atoms with Gasteiger partial charge in [-0.15, -0.1) is 0 Å². The molecule has 0 spiro atoms. The molecule has 0 saturated heterocycles. The molecule has 0 aliphatic rings. The van der Waals surface area contributed by atoms with Crippen molar-refractivity contribution in [2.24, 2.45) is 0 Å². The molecule has 0 radical (unpaired) electrons. The van der Waals surface area contributed by atoms with Gasteiger partial charge >= 0.3 is 0 Å². The average Bonchev–Trinajstić information content (AvgIpc) is 2.38. The first-order valence-corrected chi connectivity index (χ1v) is 8.23. The third kappa shape index (κ3) is 3.70. The number of hydrogen-bond donors (Lipinski definition) is 1. The second-order valence-electron chi connectivity index (χ2n) is 4.77. The van der Waals surface area contributed by atoms with Crippen LogP contribution < -0.4 is 5.32 Å². The monoisotopic (exact) mass is 315 g/mol. The summed E-state index contributed by atoms with van der Waals surface area (Å²) in [5.74, 6) is 0. The van der Waals surface area contributed by atoms with Gasteiger partial charge in [-0.25, -0.2) is 8.42 Å². The summed E-state index contributed by atoms with van der Waals surface area (Å²) in [5, 5.41) is 14.1. The molecule has 0 fully saturated rings. The Bertz CT molecular complexity index is 614. The van der Waals surface area contributed by atoms with Gasteiger partial charge in [0.1, 0.15) is 0 Å². The van der Waals surface area contributed by atoms with Crippen LogP contribution in [0.5, 0.6) is 0 Å². The predicted octanol–water partition coefficient (Wildman–Crippen LogP) is 2.45. The number of rotatable bonds is 7. The smallest absolute Gasteiger partial charge is 0.291 e. The normalized spacial score (nSPS) is 11.9. The minimum Gasteiger partial charge on any atom is -0.385 e. The average molecular weight is 315 g/mol. The van der Waals surface area contributed by atoms with Crippen molar-refractivity contribution in [3.8, 4) is 0 Å². The van der Waals surface area contributed by atoms with Gasteiger partial charge in [0, 0.05) is 30.9 Å². The molecule has 8 heteroatoms. The Morgan fingerprint density at radius 3 is 2.38 bits per heavy atom. The van der Waals surface area contributed by atoms with Gasteiger partial charge in [0.25, 0.3) is 5.69 Å². The summed E-state index contributed by atoms with van der Waals surface area (Å²) < 4.78 is 26.4. The van der Waals surface area contributed by atoms with Gasteiger partial charge in [0.15, 0.2) is 4.90 Å². The lowest BCUT2D eigenvalue weighted by Crippen LogP contribution is -2.36. The van der Waals surface area contributed by atoms with Crippen LogP contribution in [0.25, 0.3) is 0 Å². The molecular formula is C13H21N3O4S. The number of nitro groups is 1. The SMILES string of the molecule is CCNc1ccc(S(=O)(=O)N(CC)C(C)C)c([N+](=O)[O-])c1. The largest absolute Gasteiger partial charge is 0.385 e. The molecule has 0 unspecified atom stereocenters. The highest BCUT2D eigenvalue weighted by molar-refractivity contribution is 7.89. The number of nitrogens with zero attached hydrogens (tertiary/aromatic N) is 2. The minimum absolute atomic E-state index is 0.256. The first-order valence-electron chi connectivity index (χ1n) is 6.79. The molecule has 0 aliphatic heterocycles. The molecule has 0 atom stereocenters. The van der Waals surface area contributed by atoms with Crippen molar-refractivity contribution in [1.29, 1.82) is 0 Å². The maximum absolute atomic E-state index is 12.6. The third-order valence-corrected chi connectivity index (χ3v) is 5.21. The fourth-order valence-corrected chi connectivity index (χ4v) is 3.92. The van der Waals surface area contributed by atoms with Crippen LogP contribution in [0.1, 0.15) is 27.7 Å². The zero-order chi connectivity index (χ0) is 16.2. The lowest BCUT2D eigenvalue weighted by Gasteiger charge is -2.24. The van der Waals surface area contributed by atoms with Crippen LogP contribution in [-0.2, 0) is 10.0 Å². The molecule has 1 rings (SSSR count). The zero-order valence-electron chi connectivity index (χ0n) is 12.7. The quantitative estimate of drug-likeness (QED) is 0.616. The highest BCUT2D eigenvalue weighted by Crippen LogP contribution is 2.30. The van der Waals surface area contributed by atoms with E-state index in [1.54, 1.807) is 20.8 Å². The summed E-state index contributed by atoms with van der Waals surface area (Å²) in [6.07, 6.45) is 0. The van der Waals surface area contributed by atoms with Crippen molar-refractivity contribution in [3.05, 3.63) is 28.3 Å². The first-order chi connectivity index (χ1) is 9.75. The molecule has 21 heavy (non-hydrogen) atoms. The molecule has 0 bridgehead atoms. The molecule has 0 aliphatic carbocycles. The van der Waals surface area contributed by atoms with Crippen molar-refractivity contribution in [2.75, 3.05) is 18.4 Å². The summed E-state index contributed by atoms with van der Waals surface area (Å²) in [6, 6.07) is 3.81. The number of nitro benzene ring substituents is 1. The van der Waals surface area contributed by atoms with Crippen molar-refractivity contribution >= 4 is 21.4 Å². The highest BCUT2D eigenvalue weighted by atomic mass is 32.2. The Balaban J connectivity index is 3.44. The van der Waals surface area contributed by atoms with E-state index in [-0.39, 0.29) is 17.5 Å². The summed E-state index contributed by atoms with van der Waals surface area (Å²) in [5.41, 5.74) is 0.114. The topological polar surface area (TPSA) is 92.6 Å². The van der Waals surface area contributed by atoms with Gasteiger partial charge in [0.05, 0.1) is 4.92 Å². The van der Waals surface area contributed by atoms with Crippen LogP contribution in [0.2, 0.25) is 0 Å². The molecule has 0 heterocycles. The van der Waals surface area contributed by atoms with E-state index in [2.05, 4.69) is 5.32 Å².